The Balaban J connectivity index is 3.75. The molecule has 1 unspecified atom stereocenters. The molecule has 0 heterocycles. The Kier molecular flexibility index (Phi) is 4.37. The Morgan fingerprint density at radius 1 is 1.64 bits per heavy atom. The lowest BCUT2D eigenvalue weighted by Gasteiger charge is -2.22. The number of terminal acetylenes is 1. The highest BCUT2D eigenvalue weighted by Gasteiger charge is 2.21. The molecule has 1 nitrogen and oxygen atoms in total. The van der Waals surface area contributed by atoms with Gasteiger partial charge in [-0.3, -0.25) is 0 Å². The van der Waals surface area contributed by atoms with Gasteiger partial charge in [-0.2, -0.15) is 5.82 Å². The van der Waals surface area contributed by atoms with Crippen molar-refractivity contribution < 1.29 is 5.11 Å². The minimum atomic E-state index is 0.0241. The second-order valence-corrected chi connectivity index (χ2v) is 4.04. The van der Waals surface area contributed by atoms with Gasteiger partial charge in [0.1, 0.15) is 7.28 Å². The third kappa shape index (κ3) is 4.98. The number of hydrogen-bond acceptors (Lipinski definition) is 1. The van der Waals surface area contributed by atoms with Gasteiger partial charge in [0.15, 0.2) is 0 Å². The first-order chi connectivity index (χ1) is 5.02. The van der Waals surface area contributed by atoms with Gasteiger partial charge in [0.25, 0.3) is 0 Å². The van der Waals surface area contributed by atoms with Crippen molar-refractivity contribution in [1.82, 2.24) is 0 Å². The van der Waals surface area contributed by atoms with Gasteiger partial charge in [-0.1, -0.05) is 26.5 Å². The predicted molar refractivity (Wildman–Crippen MR) is 53.7 cm³/mol. The topological polar surface area (TPSA) is 20.2 Å². The van der Waals surface area contributed by atoms with E-state index in [1.807, 2.05) is 0 Å². The molecule has 0 aromatic carbocycles. The van der Waals surface area contributed by atoms with Crippen LogP contribution in [-0.4, -0.2) is 26.3 Å². The summed E-state index contributed by atoms with van der Waals surface area (Å²) < 4.78 is 0. The molecule has 0 radical (unpaired) electrons. The van der Waals surface area contributed by atoms with Crippen molar-refractivity contribution in [2.24, 2.45) is 0 Å². The van der Waals surface area contributed by atoms with Crippen LogP contribution in [0.5, 0.6) is 0 Å². The van der Waals surface area contributed by atoms with Crippen molar-refractivity contribution >= 4 is 14.6 Å². The first-order valence-electron chi connectivity index (χ1n) is 4.06. The predicted octanol–water partition coefficient (Wildman–Crippen LogP) is 0.407. The van der Waals surface area contributed by atoms with E-state index >= 15 is 0 Å². The van der Waals surface area contributed by atoms with E-state index in [4.69, 9.17) is 11.5 Å². The molecule has 0 aliphatic rings. The largest absolute Gasteiger partial charge is 0.397 e. The van der Waals surface area contributed by atoms with Gasteiger partial charge in [-0.05, 0) is 5.31 Å². The maximum Gasteiger partial charge on any atom is 0.208 e. The molecule has 0 fully saturated rings. The molecule has 11 heavy (non-hydrogen) atoms. The summed E-state index contributed by atoms with van der Waals surface area (Å²) >= 11 is 0. The standard InChI is InChI=1S/C8H16B2O/c1-5-9-7(2)10-8(3,4)6-11/h1,7,9-11H,6H2,2-4H3. The summed E-state index contributed by atoms with van der Waals surface area (Å²) in [6, 6.07) is 0. The van der Waals surface area contributed by atoms with Gasteiger partial charge < -0.3 is 5.11 Å². The lowest BCUT2D eigenvalue weighted by molar-refractivity contribution is 0.255. The van der Waals surface area contributed by atoms with Crippen molar-refractivity contribution in [3.63, 3.8) is 0 Å². The third-order valence-electron chi connectivity index (χ3n) is 1.80. The van der Waals surface area contributed by atoms with Gasteiger partial charge in [0.2, 0.25) is 7.28 Å². The summed E-state index contributed by atoms with van der Waals surface area (Å²) in [6.45, 7) is 6.47. The maximum absolute atomic E-state index is 8.96. The average Bonchev–Trinajstić information content (AvgIpc) is 1.87. The molecule has 0 aromatic heterocycles. The molecule has 1 atom stereocenters. The van der Waals surface area contributed by atoms with Crippen LogP contribution in [0.2, 0.25) is 11.0 Å². The summed E-state index contributed by atoms with van der Waals surface area (Å²) in [5.41, 5.74) is 0.516. The molecule has 0 saturated carbocycles. The van der Waals surface area contributed by atoms with E-state index in [2.05, 4.69) is 26.6 Å². The SMILES string of the molecule is C#CBC(C)BC(C)(C)CO. The van der Waals surface area contributed by atoms with Crippen LogP contribution in [0.15, 0.2) is 0 Å². The van der Waals surface area contributed by atoms with Crippen molar-refractivity contribution in [2.75, 3.05) is 6.61 Å². The van der Waals surface area contributed by atoms with Crippen LogP contribution in [0.4, 0.5) is 0 Å². The number of rotatable bonds is 4. The monoisotopic (exact) mass is 150 g/mol. The number of aliphatic hydroxyl groups excluding tert-OH is 1. The van der Waals surface area contributed by atoms with Crippen LogP contribution in [0, 0.1) is 12.2 Å². The van der Waals surface area contributed by atoms with Crippen LogP contribution < -0.4 is 0 Å². The second kappa shape index (κ2) is 4.51. The fraction of sp³-hybridized carbons (Fsp3) is 0.750. The third-order valence-corrected chi connectivity index (χ3v) is 1.80. The highest BCUT2D eigenvalue weighted by atomic mass is 16.3. The van der Waals surface area contributed by atoms with Crippen molar-refractivity contribution in [1.29, 1.82) is 0 Å². The van der Waals surface area contributed by atoms with E-state index < -0.39 is 0 Å². The average molecular weight is 150 g/mol. The van der Waals surface area contributed by atoms with E-state index in [1.54, 1.807) is 0 Å². The highest BCUT2D eigenvalue weighted by Crippen LogP contribution is 2.25. The fourth-order valence-corrected chi connectivity index (χ4v) is 1.28. The molecule has 0 aliphatic carbocycles. The summed E-state index contributed by atoms with van der Waals surface area (Å²) in [4.78, 5) is 0. The molecule has 60 valence electrons. The Hall–Kier alpha value is -0.350. The van der Waals surface area contributed by atoms with E-state index in [-0.39, 0.29) is 11.9 Å². The van der Waals surface area contributed by atoms with Crippen molar-refractivity contribution in [3.8, 4) is 12.2 Å². The maximum atomic E-state index is 8.96. The zero-order valence-electron chi connectivity index (χ0n) is 7.72. The van der Waals surface area contributed by atoms with Crippen LogP contribution in [-0.2, 0) is 0 Å². The molecule has 3 heteroatoms. The molecule has 1 N–H and O–H groups in total. The molecule has 0 spiro atoms. The van der Waals surface area contributed by atoms with Crippen molar-refractivity contribution in [2.45, 2.75) is 31.8 Å². The second-order valence-electron chi connectivity index (χ2n) is 4.04. The molecule has 0 saturated heterocycles. The van der Waals surface area contributed by atoms with Crippen LogP contribution in [0.1, 0.15) is 20.8 Å². The quantitative estimate of drug-likeness (QED) is 0.454. The Labute approximate surface area is 71.1 Å². The summed E-state index contributed by atoms with van der Waals surface area (Å²) in [5.74, 6) is 2.63. The Morgan fingerprint density at radius 2 is 2.18 bits per heavy atom. The molecular weight excluding hydrogens is 134 g/mol. The molecule has 0 aromatic rings. The van der Waals surface area contributed by atoms with Gasteiger partial charge in [-0.15, -0.1) is 6.42 Å². The zero-order valence-corrected chi connectivity index (χ0v) is 7.72. The zero-order chi connectivity index (χ0) is 8.91. The van der Waals surface area contributed by atoms with Crippen molar-refractivity contribution in [3.05, 3.63) is 0 Å². The molecule has 0 rings (SSSR count). The lowest BCUT2D eigenvalue weighted by Crippen LogP contribution is -2.23. The lowest BCUT2D eigenvalue weighted by atomic mass is 9.37. The van der Waals surface area contributed by atoms with Crippen LogP contribution in [0.3, 0.4) is 0 Å². The first-order valence-corrected chi connectivity index (χ1v) is 4.06. The van der Waals surface area contributed by atoms with Gasteiger partial charge in [0.05, 0.1) is 0 Å². The Morgan fingerprint density at radius 3 is 2.55 bits per heavy atom. The van der Waals surface area contributed by atoms with Gasteiger partial charge in [0, 0.05) is 6.61 Å². The van der Waals surface area contributed by atoms with Crippen LogP contribution >= 0.6 is 0 Å². The number of aliphatic hydroxyl groups is 1. The minimum absolute atomic E-state index is 0.0241. The summed E-state index contributed by atoms with van der Waals surface area (Å²) in [5, 5.41) is 8.98. The van der Waals surface area contributed by atoms with Crippen LogP contribution in [0.25, 0.3) is 0 Å². The van der Waals surface area contributed by atoms with Gasteiger partial charge in [-0.25, -0.2) is 0 Å². The minimum Gasteiger partial charge on any atom is -0.397 e. The van der Waals surface area contributed by atoms with E-state index in [9.17, 15) is 0 Å². The normalized spacial score (nSPS) is 13.4. The highest BCUT2D eigenvalue weighted by molar-refractivity contribution is 6.64. The smallest absolute Gasteiger partial charge is 0.208 e. The molecular formula is C8H16B2O. The van der Waals surface area contributed by atoms with E-state index in [1.165, 1.54) is 0 Å². The van der Waals surface area contributed by atoms with Gasteiger partial charge >= 0.3 is 0 Å². The van der Waals surface area contributed by atoms with E-state index in [0.29, 0.717) is 5.72 Å². The van der Waals surface area contributed by atoms with E-state index in [0.717, 1.165) is 14.6 Å². The summed E-state index contributed by atoms with van der Waals surface area (Å²) in [6.07, 6.45) is 5.18. The Bertz CT molecular complexity index is 149. The number of hydrogen-bond donors (Lipinski definition) is 1. The fourth-order valence-electron chi connectivity index (χ4n) is 1.28. The molecule has 0 amide bonds. The molecule has 0 bridgehead atoms. The molecule has 0 aliphatic heterocycles. The first kappa shape index (κ1) is 10.6. The summed E-state index contributed by atoms with van der Waals surface area (Å²) in [7, 11) is 1.80.